The number of hydrogen-bond acceptors (Lipinski definition) is 4. The Morgan fingerprint density at radius 1 is 0.697 bits per heavy atom. The van der Waals surface area contributed by atoms with Crippen LogP contribution >= 0.6 is 22.7 Å². The topological polar surface area (TPSA) is 29.5 Å². The number of ether oxygens (including phenoxy) is 1. The van der Waals surface area contributed by atoms with Crippen molar-refractivity contribution in [3.63, 3.8) is 0 Å². The van der Waals surface area contributed by atoms with Gasteiger partial charge in [-0.2, -0.15) is 26.3 Å². The second kappa shape index (κ2) is 9.88. The van der Waals surface area contributed by atoms with Crippen LogP contribution in [-0.2, 0) is 12.4 Å². The summed E-state index contributed by atoms with van der Waals surface area (Å²) in [6.07, 6.45) is -8.63. The molecular formula is C23H16F6O2S2. The van der Waals surface area contributed by atoms with Gasteiger partial charge in [0.2, 0.25) is 0 Å². The van der Waals surface area contributed by atoms with E-state index in [1.165, 1.54) is 13.2 Å². The Morgan fingerprint density at radius 2 is 1.15 bits per heavy atom. The van der Waals surface area contributed by atoms with Crippen LogP contribution in [0.3, 0.4) is 0 Å². The maximum absolute atomic E-state index is 12.5. The molecule has 0 aliphatic rings. The molecule has 1 N–H and O–H groups in total. The van der Waals surface area contributed by atoms with E-state index in [0.29, 0.717) is 26.6 Å². The van der Waals surface area contributed by atoms with E-state index in [0.717, 1.165) is 45.6 Å². The zero-order chi connectivity index (χ0) is 24.2. The molecule has 2 aromatic carbocycles. The first kappa shape index (κ1) is 24.7. The Balaban J connectivity index is 0.000000186. The average Bonchev–Trinajstić information content (AvgIpc) is 3.44. The van der Waals surface area contributed by atoms with Crippen molar-refractivity contribution in [1.82, 2.24) is 0 Å². The number of aromatic hydroxyl groups is 1. The van der Waals surface area contributed by atoms with Crippen LogP contribution in [0.1, 0.15) is 11.1 Å². The van der Waals surface area contributed by atoms with Crippen LogP contribution < -0.4 is 4.74 Å². The molecule has 33 heavy (non-hydrogen) atoms. The molecule has 2 aromatic heterocycles. The molecule has 0 aliphatic carbocycles. The first-order valence-corrected chi connectivity index (χ1v) is 11.0. The Labute approximate surface area is 193 Å². The van der Waals surface area contributed by atoms with Crippen LogP contribution in [0.5, 0.6) is 11.5 Å². The second-order valence-electron chi connectivity index (χ2n) is 6.61. The summed E-state index contributed by atoms with van der Waals surface area (Å²) in [6, 6.07) is 15.5. The SMILES string of the molecule is COc1ccccc1-c1cc(C(F)(F)F)cs1.Oc1ccccc1-c1cc(C(F)(F)F)cs1. The Bertz CT molecular complexity index is 1210. The molecule has 0 spiro atoms. The fourth-order valence-electron chi connectivity index (χ4n) is 2.78. The molecule has 174 valence electrons. The first-order valence-electron chi connectivity index (χ1n) is 9.24. The van der Waals surface area contributed by atoms with Gasteiger partial charge in [0.1, 0.15) is 11.5 Å². The van der Waals surface area contributed by atoms with Gasteiger partial charge >= 0.3 is 12.4 Å². The standard InChI is InChI=1S/C12H9F3OS.C11H7F3OS/c1-16-10-5-3-2-4-9(10)11-6-8(7-17-11)12(13,14)15;12-11(13,14)7-5-10(16-6-7)8-3-1-2-4-9(8)15/h2-7H,1H3;1-6,15H. The molecular weight excluding hydrogens is 486 g/mol. The van der Waals surface area contributed by atoms with Gasteiger partial charge in [-0.3, -0.25) is 0 Å². The van der Waals surface area contributed by atoms with Gasteiger partial charge in [0, 0.05) is 31.6 Å². The highest BCUT2D eigenvalue weighted by Crippen LogP contribution is 2.40. The van der Waals surface area contributed by atoms with E-state index in [-0.39, 0.29) is 5.75 Å². The van der Waals surface area contributed by atoms with Crippen molar-refractivity contribution in [2.75, 3.05) is 7.11 Å². The highest BCUT2D eigenvalue weighted by Gasteiger charge is 2.32. The van der Waals surface area contributed by atoms with Crippen molar-refractivity contribution in [2.24, 2.45) is 0 Å². The van der Waals surface area contributed by atoms with Crippen molar-refractivity contribution in [2.45, 2.75) is 12.4 Å². The molecule has 0 fully saturated rings. The van der Waals surface area contributed by atoms with Gasteiger partial charge in [0.25, 0.3) is 0 Å². The normalized spacial score (nSPS) is 11.6. The summed E-state index contributed by atoms with van der Waals surface area (Å²) in [4.78, 5) is 0.959. The summed E-state index contributed by atoms with van der Waals surface area (Å²) in [6.45, 7) is 0. The minimum absolute atomic E-state index is 0.0157. The van der Waals surface area contributed by atoms with Crippen LogP contribution in [0.4, 0.5) is 26.3 Å². The van der Waals surface area contributed by atoms with Crippen molar-refractivity contribution < 1.29 is 36.2 Å². The van der Waals surface area contributed by atoms with Crippen LogP contribution in [0, 0.1) is 0 Å². The van der Waals surface area contributed by atoms with Gasteiger partial charge in [0.05, 0.1) is 18.2 Å². The van der Waals surface area contributed by atoms with Crippen LogP contribution in [0.25, 0.3) is 20.9 Å². The highest BCUT2D eigenvalue weighted by molar-refractivity contribution is 7.14. The quantitative estimate of drug-likeness (QED) is 0.284. The Hall–Kier alpha value is -2.98. The molecule has 0 saturated carbocycles. The van der Waals surface area contributed by atoms with E-state index >= 15 is 0 Å². The largest absolute Gasteiger partial charge is 0.507 e. The zero-order valence-corrected chi connectivity index (χ0v) is 18.5. The van der Waals surface area contributed by atoms with Gasteiger partial charge in [0.15, 0.2) is 0 Å². The van der Waals surface area contributed by atoms with Crippen LogP contribution in [-0.4, -0.2) is 12.2 Å². The minimum atomic E-state index is -4.33. The van der Waals surface area contributed by atoms with Gasteiger partial charge in [-0.05, 0) is 36.4 Å². The number of phenols is 1. The maximum Gasteiger partial charge on any atom is 0.417 e. The maximum atomic E-state index is 12.5. The second-order valence-corrected chi connectivity index (χ2v) is 8.43. The summed E-state index contributed by atoms with van der Waals surface area (Å²) >= 11 is 2.02. The van der Waals surface area contributed by atoms with Crippen LogP contribution in [0.2, 0.25) is 0 Å². The van der Waals surface area contributed by atoms with Crippen molar-refractivity contribution >= 4 is 22.7 Å². The summed E-state index contributed by atoms with van der Waals surface area (Å²) in [5, 5.41) is 11.7. The highest BCUT2D eigenvalue weighted by atomic mass is 32.1. The molecule has 2 nitrogen and oxygen atoms in total. The number of rotatable bonds is 3. The molecule has 0 unspecified atom stereocenters. The fourth-order valence-corrected chi connectivity index (χ4v) is 4.68. The van der Waals surface area contributed by atoms with E-state index < -0.39 is 23.5 Å². The first-order chi connectivity index (χ1) is 15.5. The average molecular weight is 503 g/mol. The molecule has 4 aromatic rings. The number of alkyl halides is 6. The van der Waals surface area contributed by atoms with Gasteiger partial charge in [-0.1, -0.05) is 24.3 Å². The molecule has 0 saturated heterocycles. The monoisotopic (exact) mass is 502 g/mol. The number of thiophene rings is 2. The van der Waals surface area contributed by atoms with Crippen molar-refractivity contribution in [3.8, 4) is 32.4 Å². The third-order valence-electron chi connectivity index (χ3n) is 4.40. The molecule has 0 aliphatic heterocycles. The third-order valence-corrected chi connectivity index (χ3v) is 6.32. The van der Waals surface area contributed by atoms with E-state index in [1.54, 1.807) is 42.5 Å². The summed E-state index contributed by atoms with van der Waals surface area (Å²) in [5.74, 6) is 0.557. The number of benzene rings is 2. The Kier molecular flexibility index (Phi) is 7.38. The van der Waals surface area contributed by atoms with Gasteiger partial charge in [-0.15, -0.1) is 22.7 Å². The lowest BCUT2D eigenvalue weighted by Crippen LogP contribution is -2.01. The molecule has 0 atom stereocenters. The summed E-state index contributed by atoms with van der Waals surface area (Å²) in [5.41, 5.74) is -0.211. The van der Waals surface area contributed by atoms with Crippen molar-refractivity contribution in [3.05, 3.63) is 82.6 Å². The predicted molar refractivity (Wildman–Crippen MR) is 118 cm³/mol. The smallest absolute Gasteiger partial charge is 0.417 e. The Morgan fingerprint density at radius 3 is 1.61 bits per heavy atom. The zero-order valence-electron chi connectivity index (χ0n) is 16.9. The number of phenolic OH excluding ortho intramolecular Hbond substituents is 1. The minimum Gasteiger partial charge on any atom is -0.507 e. The van der Waals surface area contributed by atoms with Gasteiger partial charge in [-0.25, -0.2) is 0 Å². The lowest BCUT2D eigenvalue weighted by atomic mass is 10.1. The van der Waals surface area contributed by atoms with Gasteiger partial charge < -0.3 is 9.84 Å². The summed E-state index contributed by atoms with van der Waals surface area (Å²) in [7, 11) is 1.50. The molecule has 4 rings (SSSR count). The van der Waals surface area contributed by atoms with E-state index in [9.17, 15) is 31.4 Å². The fraction of sp³-hybridized carbons (Fsp3) is 0.130. The molecule has 2 heterocycles. The third kappa shape index (κ3) is 6.08. The van der Waals surface area contributed by atoms with E-state index in [4.69, 9.17) is 4.74 Å². The molecule has 0 amide bonds. The summed E-state index contributed by atoms with van der Waals surface area (Å²) < 4.78 is 79.6. The molecule has 10 heteroatoms. The van der Waals surface area contributed by atoms with E-state index in [1.807, 2.05) is 0 Å². The lowest BCUT2D eigenvalue weighted by Gasteiger charge is -2.05. The number of hydrogen-bond donors (Lipinski definition) is 1. The molecule has 0 bridgehead atoms. The van der Waals surface area contributed by atoms with E-state index in [2.05, 4.69) is 0 Å². The molecule has 0 radical (unpaired) electrons. The number of halogens is 6. The predicted octanol–water partition coefficient (Wildman–Crippen LogP) is 8.58. The lowest BCUT2D eigenvalue weighted by molar-refractivity contribution is -0.138. The number of methoxy groups -OCH3 is 1. The van der Waals surface area contributed by atoms with Crippen LogP contribution in [0.15, 0.2) is 71.4 Å². The van der Waals surface area contributed by atoms with Crippen molar-refractivity contribution in [1.29, 1.82) is 0 Å². The number of para-hydroxylation sites is 2.